The van der Waals surface area contributed by atoms with Gasteiger partial charge in [0.15, 0.2) is 11.5 Å². The van der Waals surface area contributed by atoms with E-state index in [0.717, 1.165) is 19.4 Å². The summed E-state index contributed by atoms with van der Waals surface area (Å²) in [5, 5.41) is 13.6. The first-order valence-corrected chi connectivity index (χ1v) is 7.75. The molecule has 7 heteroatoms. The van der Waals surface area contributed by atoms with Gasteiger partial charge in [0, 0.05) is 19.7 Å². The number of β-amino-alcohol motifs (C(OH)–C–C–N with tert-alkyl or cyclic N) is 1. The zero-order valence-electron chi connectivity index (χ0n) is 13.1. The number of rotatable bonds is 5. The molecule has 0 spiro atoms. The van der Waals surface area contributed by atoms with Gasteiger partial charge in [0.2, 0.25) is 0 Å². The lowest BCUT2D eigenvalue weighted by molar-refractivity contribution is 0.0622. The molecular weight excluding hydrogens is 298 g/mol. The van der Waals surface area contributed by atoms with Crippen molar-refractivity contribution >= 4 is 5.91 Å². The van der Waals surface area contributed by atoms with Crippen molar-refractivity contribution in [3.8, 4) is 0 Å². The third-order valence-electron chi connectivity index (χ3n) is 3.96. The number of furan rings is 1. The predicted molar refractivity (Wildman–Crippen MR) is 81.5 cm³/mol. The molecule has 1 atom stereocenters. The Bertz CT molecular complexity index is 638. The van der Waals surface area contributed by atoms with Gasteiger partial charge in [-0.3, -0.25) is 9.69 Å². The fraction of sp³-hybridized carbons (Fsp3) is 0.500. The van der Waals surface area contributed by atoms with Crippen LogP contribution in [0.1, 0.15) is 34.9 Å². The van der Waals surface area contributed by atoms with Crippen molar-refractivity contribution in [2.75, 3.05) is 20.1 Å². The van der Waals surface area contributed by atoms with Crippen molar-refractivity contribution in [1.82, 2.24) is 15.0 Å². The second-order valence-electron chi connectivity index (χ2n) is 5.95. The number of hydrogen-bond donors (Lipinski definition) is 1. The van der Waals surface area contributed by atoms with E-state index in [2.05, 4.69) is 10.1 Å². The molecule has 124 valence electrons. The van der Waals surface area contributed by atoms with E-state index in [1.165, 1.54) is 4.90 Å². The summed E-state index contributed by atoms with van der Waals surface area (Å²) in [6.45, 7) is 2.48. The number of aromatic nitrogens is 1. The molecule has 3 heterocycles. The van der Waals surface area contributed by atoms with Crippen molar-refractivity contribution in [2.24, 2.45) is 0 Å². The second-order valence-corrected chi connectivity index (χ2v) is 5.95. The molecule has 1 amide bonds. The standard InChI is InChI=1S/C16H21N3O4/c1-18(10-13-5-3-7-22-13)16(21)15-8-14(23-17-15)11-19-6-2-4-12(20)9-19/h3,5,7-8,12,20H,2,4,6,9-11H2,1H3. The molecule has 23 heavy (non-hydrogen) atoms. The quantitative estimate of drug-likeness (QED) is 0.899. The fourth-order valence-electron chi connectivity index (χ4n) is 2.79. The van der Waals surface area contributed by atoms with Gasteiger partial charge in [0.25, 0.3) is 5.91 Å². The van der Waals surface area contributed by atoms with Gasteiger partial charge in [-0.15, -0.1) is 0 Å². The van der Waals surface area contributed by atoms with Crippen molar-refractivity contribution < 1.29 is 18.8 Å². The molecule has 0 radical (unpaired) electrons. The van der Waals surface area contributed by atoms with Crippen molar-refractivity contribution in [3.05, 3.63) is 41.7 Å². The minimum Gasteiger partial charge on any atom is -0.467 e. The molecule has 2 aromatic heterocycles. The van der Waals surface area contributed by atoms with Crippen LogP contribution in [0.2, 0.25) is 0 Å². The van der Waals surface area contributed by atoms with Crippen LogP contribution in [0.4, 0.5) is 0 Å². The molecule has 0 aromatic carbocycles. The summed E-state index contributed by atoms with van der Waals surface area (Å²) in [6.07, 6.45) is 3.10. The first-order valence-electron chi connectivity index (χ1n) is 7.75. The van der Waals surface area contributed by atoms with Crippen LogP contribution in [0.25, 0.3) is 0 Å². The largest absolute Gasteiger partial charge is 0.467 e. The van der Waals surface area contributed by atoms with Crippen LogP contribution in [0, 0.1) is 0 Å². The molecule has 7 nitrogen and oxygen atoms in total. The first-order chi connectivity index (χ1) is 11.1. The van der Waals surface area contributed by atoms with Gasteiger partial charge in [-0.1, -0.05) is 5.16 Å². The summed E-state index contributed by atoms with van der Waals surface area (Å²) in [6, 6.07) is 5.27. The molecule has 1 aliphatic rings. The molecule has 2 aromatic rings. The van der Waals surface area contributed by atoms with Crippen LogP contribution in [0.3, 0.4) is 0 Å². The molecule has 0 bridgehead atoms. The first kappa shape index (κ1) is 15.8. The number of carbonyl (C=O) groups excluding carboxylic acids is 1. The molecule has 3 rings (SSSR count). The second kappa shape index (κ2) is 6.97. The highest BCUT2D eigenvalue weighted by Gasteiger charge is 2.21. The zero-order chi connectivity index (χ0) is 16.2. The molecule has 1 N–H and O–H groups in total. The lowest BCUT2D eigenvalue weighted by Crippen LogP contribution is -2.37. The van der Waals surface area contributed by atoms with Gasteiger partial charge in [-0.05, 0) is 31.5 Å². The van der Waals surface area contributed by atoms with E-state index in [9.17, 15) is 9.90 Å². The highest BCUT2D eigenvalue weighted by atomic mass is 16.5. The minimum atomic E-state index is -0.285. The topological polar surface area (TPSA) is 83.0 Å². The Balaban J connectivity index is 1.58. The summed E-state index contributed by atoms with van der Waals surface area (Å²) in [4.78, 5) is 16.0. The van der Waals surface area contributed by atoms with Crippen LogP contribution >= 0.6 is 0 Å². The Hall–Kier alpha value is -2.12. The highest BCUT2D eigenvalue weighted by molar-refractivity contribution is 5.91. The van der Waals surface area contributed by atoms with E-state index in [0.29, 0.717) is 31.2 Å². The van der Waals surface area contributed by atoms with Crippen LogP contribution in [-0.4, -0.2) is 52.2 Å². The maximum absolute atomic E-state index is 12.3. The average Bonchev–Trinajstić information content (AvgIpc) is 3.18. The number of likely N-dealkylation sites (tertiary alicyclic amines) is 1. The lowest BCUT2D eigenvalue weighted by atomic mass is 10.1. The number of aliphatic hydroxyl groups excluding tert-OH is 1. The third kappa shape index (κ3) is 4.00. The predicted octanol–water partition coefficient (Wildman–Crippen LogP) is 1.50. The molecule has 1 fully saturated rings. The van der Waals surface area contributed by atoms with E-state index in [4.69, 9.17) is 8.94 Å². The monoisotopic (exact) mass is 319 g/mol. The Labute approximate surface area is 134 Å². The Morgan fingerprint density at radius 2 is 2.39 bits per heavy atom. The van der Waals surface area contributed by atoms with Crippen LogP contribution in [0.15, 0.2) is 33.4 Å². The van der Waals surface area contributed by atoms with Crippen LogP contribution < -0.4 is 0 Å². The van der Waals surface area contributed by atoms with Crippen LogP contribution in [0.5, 0.6) is 0 Å². The number of amides is 1. The van der Waals surface area contributed by atoms with E-state index in [1.54, 1.807) is 25.4 Å². The molecule has 0 aliphatic carbocycles. The fourth-order valence-corrected chi connectivity index (χ4v) is 2.79. The Morgan fingerprint density at radius 3 is 3.13 bits per heavy atom. The zero-order valence-corrected chi connectivity index (χ0v) is 13.1. The molecule has 1 saturated heterocycles. The molecular formula is C16H21N3O4. The maximum atomic E-state index is 12.3. The lowest BCUT2D eigenvalue weighted by Gasteiger charge is -2.28. The third-order valence-corrected chi connectivity index (χ3v) is 3.96. The molecule has 1 unspecified atom stereocenters. The number of nitrogens with zero attached hydrogens (tertiary/aromatic N) is 3. The number of aliphatic hydroxyl groups is 1. The average molecular weight is 319 g/mol. The normalized spacial score (nSPS) is 19.0. The van der Waals surface area contributed by atoms with Gasteiger partial charge in [-0.25, -0.2) is 0 Å². The number of carbonyl (C=O) groups is 1. The van der Waals surface area contributed by atoms with E-state index in [-0.39, 0.29) is 17.7 Å². The van der Waals surface area contributed by atoms with Crippen LogP contribution in [-0.2, 0) is 13.1 Å². The Morgan fingerprint density at radius 1 is 1.52 bits per heavy atom. The van der Waals surface area contributed by atoms with Crippen molar-refractivity contribution in [3.63, 3.8) is 0 Å². The van der Waals surface area contributed by atoms with Gasteiger partial charge < -0.3 is 18.9 Å². The minimum absolute atomic E-state index is 0.213. The summed E-state index contributed by atoms with van der Waals surface area (Å²) < 4.78 is 10.5. The highest BCUT2D eigenvalue weighted by Crippen LogP contribution is 2.15. The van der Waals surface area contributed by atoms with E-state index < -0.39 is 0 Å². The van der Waals surface area contributed by atoms with E-state index >= 15 is 0 Å². The van der Waals surface area contributed by atoms with Crippen molar-refractivity contribution in [2.45, 2.75) is 32.0 Å². The number of piperidine rings is 1. The molecule has 1 aliphatic heterocycles. The number of hydrogen-bond acceptors (Lipinski definition) is 6. The van der Waals surface area contributed by atoms with Gasteiger partial charge in [0.05, 0.1) is 25.5 Å². The van der Waals surface area contributed by atoms with Crippen molar-refractivity contribution in [1.29, 1.82) is 0 Å². The van der Waals surface area contributed by atoms with E-state index in [1.807, 2.05) is 6.07 Å². The SMILES string of the molecule is CN(Cc1ccco1)C(=O)c1cc(CN2CCCC(O)C2)on1. The smallest absolute Gasteiger partial charge is 0.276 e. The summed E-state index contributed by atoms with van der Waals surface area (Å²) in [5.41, 5.74) is 0.284. The van der Waals surface area contributed by atoms with Gasteiger partial charge >= 0.3 is 0 Å². The summed E-state index contributed by atoms with van der Waals surface area (Å²) in [7, 11) is 1.69. The van der Waals surface area contributed by atoms with Gasteiger partial charge in [0.1, 0.15) is 5.76 Å². The molecule has 0 saturated carbocycles. The Kier molecular flexibility index (Phi) is 4.78. The maximum Gasteiger partial charge on any atom is 0.276 e. The summed E-state index contributed by atoms with van der Waals surface area (Å²) in [5.74, 6) is 1.14. The summed E-state index contributed by atoms with van der Waals surface area (Å²) >= 11 is 0. The van der Waals surface area contributed by atoms with Gasteiger partial charge in [-0.2, -0.15) is 0 Å².